The van der Waals surface area contributed by atoms with E-state index in [1.54, 1.807) is 6.07 Å². The predicted molar refractivity (Wildman–Crippen MR) is 81.2 cm³/mol. The third-order valence-electron chi connectivity index (χ3n) is 3.85. The van der Waals surface area contributed by atoms with Gasteiger partial charge in [-0.05, 0) is 55.0 Å². The van der Waals surface area contributed by atoms with E-state index < -0.39 is 0 Å². The van der Waals surface area contributed by atoms with E-state index in [0.717, 1.165) is 28.8 Å². The summed E-state index contributed by atoms with van der Waals surface area (Å²) in [5.41, 5.74) is 4.89. The lowest BCUT2D eigenvalue weighted by atomic mass is 9.97. The SMILES string of the molecule is Cc1cc(C)c(-c2ccc(CNC3CC3)cc2)c(F)c1. The minimum absolute atomic E-state index is 0.133. The quantitative estimate of drug-likeness (QED) is 0.869. The molecular formula is C18H20FN. The van der Waals surface area contributed by atoms with Crippen molar-refractivity contribution >= 4 is 0 Å². The van der Waals surface area contributed by atoms with Crippen molar-refractivity contribution < 1.29 is 4.39 Å². The Morgan fingerprint density at radius 3 is 2.40 bits per heavy atom. The molecule has 0 heterocycles. The molecule has 0 amide bonds. The van der Waals surface area contributed by atoms with E-state index in [2.05, 4.69) is 17.4 Å². The van der Waals surface area contributed by atoms with Crippen LogP contribution in [0.4, 0.5) is 4.39 Å². The Kier molecular flexibility index (Phi) is 3.58. The second-order valence-electron chi connectivity index (χ2n) is 5.79. The summed E-state index contributed by atoms with van der Waals surface area (Å²) in [5, 5.41) is 3.49. The maximum Gasteiger partial charge on any atom is 0.131 e. The molecule has 1 N–H and O–H groups in total. The molecule has 0 radical (unpaired) electrons. The summed E-state index contributed by atoms with van der Waals surface area (Å²) in [4.78, 5) is 0. The number of nitrogens with one attached hydrogen (secondary N) is 1. The molecule has 2 heteroatoms. The van der Waals surface area contributed by atoms with Gasteiger partial charge in [0.15, 0.2) is 0 Å². The van der Waals surface area contributed by atoms with Gasteiger partial charge in [-0.15, -0.1) is 0 Å². The summed E-state index contributed by atoms with van der Waals surface area (Å²) in [7, 11) is 0. The fourth-order valence-electron chi connectivity index (χ4n) is 2.62. The maximum absolute atomic E-state index is 14.1. The van der Waals surface area contributed by atoms with Crippen LogP contribution in [-0.4, -0.2) is 6.04 Å². The fraction of sp³-hybridized carbons (Fsp3) is 0.333. The average molecular weight is 269 g/mol. The third kappa shape index (κ3) is 2.91. The molecule has 0 atom stereocenters. The van der Waals surface area contributed by atoms with E-state index >= 15 is 0 Å². The van der Waals surface area contributed by atoms with Crippen molar-refractivity contribution in [3.63, 3.8) is 0 Å². The second kappa shape index (κ2) is 5.37. The summed E-state index contributed by atoms with van der Waals surface area (Å²) < 4.78 is 14.1. The van der Waals surface area contributed by atoms with Crippen molar-refractivity contribution in [2.24, 2.45) is 0 Å². The normalized spacial score (nSPS) is 14.6. The van der Waals surface area contributed by atoms with Crippen molar-refractivity contribution in [2.45, 2.75) is 39.3 Å². The highest BCUT2D eigenvalue weighted by molar-refractivity contribution is 5.68. The van der Waals surface area contributed by atoms with Gasteiger partial charge in [-0.25, -0.2) is 4.39 Å². The highest BCUT2D eigenvalue weighted by Gasteiger charge is 2.19. The number of hydrogen-bond acceptors (Lipinski definition) is 1. The Balaban J connectivity index is 1.83. The van der Waals surface area contributed by atoms with Gasteiger partial charge in [0.05, 0.1) is 0 Å². The summed E-state index contributed by atoms with van der Waals surface area (Å²) in [5.74, 6) is -0.133. The summed E-state index contributed by atoms with van der Waals surface area (Å²) in [6.07, 6.45) is 2.59. The Morgan fingerprint density at radius 1 is 1.10 bits per heavy atom. The van der Waals surface area contributed by atoms with E-state index in [-0.39, 0.29) is 5.82 Å². The van der Waals surface area contributed by atoms with Crippen molar-refractivity contribution in [3.05, 3.63) is 58.9 Å². The van der Waals surface area contributed by atoms with Crippen LogP contribution in [0.2, 0.25) is 0 Å². The van der Waals surface area contributed by atoms with Gasteiger partial charge in [0.25, 0.3) is 0 Å². The molecule has 20 heavy (non-hydrogen) atoms. The number of aryl methyl sites for hydroxylation is 2. The van der Waals surface area contributed by atoms with Crippen LogP contribution in [0.25, 0.3) is 11.1 Å². The molecule has 104 valence electrons. The summed E-state index contributed by atoms with van der Waals surface area (Å²) in [6.45, 7) is 4.79. The molecule has 1 fully saturated rings. The Morgan fingerprint density at radius 2 is 1.80 bits per heavy atom. The molecule has 2 aromatic rings. The molecule has 0 saturated heterocycles. The zero-order valence-corrected chi connectivity index (χ0v) is 12.0. The first-order chi connectivity index (χ1) is 9.63. The Hall–Kier alpha value is -1.67. The van der Waals surface area contributed by atoms with Crippen LogP contribution in [0.3, 0.4) is 0 Å². The van der Waals surface area contributed by atoms with Crippen molar-refractivity contribution in [1.82, 2.24) is 5.32 Å². The summed E-state index contributed by atoms with van der Waals surface area (Å²) in [6, 6.07) is 12.6. The first-order valence-corrected chi connectivity index (χ1v) is 7.23. The molecule has 0 bridgehead atoms. The highest BCUT2D eigenvalue weighted by atomic mass is 19.1. The fourth-order valence-corrected chi connectivity index (χ4v) is 2.62. The topological polar surface area (TPSA) is 12.0 Å². The molecule has 1 saturated carbocycles. The van der Waals surface area contributed by atoms with Crippen LogP contribution < -0.4 is 5.32 Å². The van der Waals surface area contributed by atoms with E-state index in [9.17, 15) is 4.39 Å². The minimum Gasteiger partial charge on any atom is -0.310 e. The van der Waals surface area contributed by atoms with Crippen molar-refractivity contribution in [1.29, 1.82) is 0 Å². The zero-order valence-electron chi connectivity index (χ0n) is 12.0. The van der Waals surface area contributed by atoms with Gasteiger partial charge < -0.3 is 5.32 Å². The van der Waals surface area contributed by atoms with Crippen LogP contribution >= 0.6 is 0 Å². The van der Waals surface area contributed by atoms with Crippen molar-refractivity contribution in [2.75, 3.05) is 0 Å². The lowest BCUT2D eigenvalue weighted by molar-refractivity contribution is 0.629. The van der Waals surface area contributed by atoms with E-state index in [4.69, 9.17) is 0 Å². The van der Waals surface area contributed by atoms with Gasteiger partial charge >= 0.3 is 0 Å². The van der Waals surface area contributed by atoms with Crippen molar-refractivity contribution in [3.8, 4) is 11.1 Å². The van der Waals surface area contributed by atoms with E-state index in [0.29, 0.717) is 6.04 Å². The highest BCUT2D eigenvalue weighted by Crippen LogP contribution is 2.28. The molecule has 3 rings (SSSR count). The molecule has 2 aromatic carbocycles. The lowest BCUT2D eigenvalue weighted by Crippen LogP contribution is -2.15. The third-order valence-corrected chi connectivity index (χ3v) is 3.85. The molecule has 1 aliphatic rings. The van der Waals surface area contributed by atoms with Gasteiger partial charge in [0.2, 0.25) is 0 Å². The molecule has 0 aliphatic heterocycles. The number of rotatable bonds is 4. The lowest BCUT2D eigenvalue weighted by Gasteiger charge is -2.10. The van der Waals surface area contributed by atoms with Crippen LogP contribution in [0.15, 0.2) is 36.4 Å². The standard InChI is InChI=1S/C18H20FN/c1-12-9-13(2)18(17(19)10-12)15-5-3-14(4-6-15)11-20-16-7-8-16/h3-6,9-10,16,20H,7-8,11H2,1-2H3. The van der Waals surface area contributed by atoms with Gasteiger partial charge in [0.1, 0.15) is 5.82 Å². The Labute approximate surface area is 119 Å². The zero-order chi connectivity index (χ0) is 14.1. The van der Waals surface area contributed by atoms with Gasteiger partial charge in [-0.3, -0.25) is 0 Å². The number of benzene rings is 2. The van der Waals surface area contributed by atoms with Crippen LogP contribution in [0.5, 0.6) is 0 Å². The molecule has 1 aliphatic carbocycles. The largest absolute Gasteiger partial charge is 0.310 e. The Bertz CT molecular complexity index is 589. The maximum atomic E-state index is 14.1. The van der Waals surface area contributed by atoms with Gasteiger partial charge in [-0.2, -0.15) is 0 Å². The first kappa shape index (κ1) is 13.3. The molecular weight excluding hydrogens is 249 g/mol. The number of hydrogen-bond donors (Lipinski definition) is 1. The molecule has 0 spiro atoms. The smallest absolute Gasteiger partial charge is 0.131 e. The van der Waals surface area contributed by atoms with Crippen LogP contribution in [0.1, 0.15) is 29.5 Å². The van der Waals surface area contributed by atoms with E-state index in [1.165, 1.54) is 18.4 Å². The number of halogens is 1. The predicted octanol–water partition coefficient (Wildman–Crippen LogP) is 4.36. The van der Waals surface area contributed by atoms with Crippen LogP contribution in [-0.2, 0) is 6.54 Å². The van der Waals surface area contributed by atoms with Crippen LogP contribution in [0, 0.1) is 19.7 Å². The summed E-state index contributed by atoms with van der Waals surface area (Å²) >= 11 is 0. The molecule has 0 unspecified atom stereocenters. The molecule has 1 nitrogen and oxygen atoms in total. The van der Waals surface area contributed by atoms with Gasteiger partial charge in [0, 0.05) is 18.2 Å². The second-order valence-corrected chi connectivity index (χ2v) is 5.79. The monoisotopic (exact) mass is 269 g/mol. The molecule has 0 aromatic heterocycles. The minimum atomic E-state index is -0.133. The first-order valence-electron chi connectivity index (χ1n) is 7.23. The van der Waals surface area contributed by atoms with E-state index in [1.807, 2.05) is 32.0 Å². The average Bonchev–Trinajstić information content (AvgIpc) is 3.20. The van der Waals surface area contributed by atoms with Gasteiger partial charge in [-0.1, -0.05) is 30.3 Å².